The molecule has 11 heteroatoms. The number of aryl methyl sites for hydroxylation is 2. The fourth-order valence-electron chi connectivity index (χ4n) is 3.09. The van der Waals surface area contributed by atoms with Gasteiger partial charge in [-0.15, -0.1) is 0 Å². The highest BCUT2D eigenvalue weighted by molar-refractivity contribution is 7.90. The summed E-state index contributed by atoms with van der Waals surface area (Å²) >= 11 is 12.2. The molecule has 0 saturated heterocycles. The van der Waals surface area contributed by atoms with E-state index < -0.39 is 15.9 Å². The predicted octanol–water partition coefficient (Wildman–Crippen LogP) is 3.92. The lowest BCUT2D eigenvalue weighted by Crippen LogP contribution is -2.31. The van der Waals surface area contributed by atoms with Crippen molar-refractivity contribution in [1.82, 2.24) is 24.2 Å². The third-order valence-electron chi connectivity index (χ3n) is 4.77. The van der Waals surface area contributed by atoms with Crippen molar-refractivity contribution in [3.8, 4) is 0 Å². The van der Waals surface area contributed by atoms with E-state index in [1.165, 1.54) is 24.4 Å². The molecule has 3 aromatic heterocycles. The molecule has 32 heavy (non-hydrogen) atoms. The minimum atomic E-state index is -4.04. The Kier molecular flexibility index (Phi) is 5.89. The summed E-state index contributed by atoms with van der Waals surface area (Å²) in [5.41, 5.74) is 2.34. The van der Waals surface area contributed by atoms with E-state index in [2.05, 4.69) is 19.7 Å². The number of carbonyl (C=O) groups is 1. The van der Waals surface area contributed by atoms with Gasteiger partial charge in [0.05, 0.1) is 27.2 Å². The maximum Gasteiger partial charge on any atom is 0.283 e. The summed E-state index contributed by atoms with van der Waals surface area (Å²) in [6.45, 7) is 3.87. The fourth-order valence-corrected chi connectivity index (χ4v) is 4.49. The Balaban J connectivity index is 1.66. The molecule has 0 atom stereocenters. The van der Waals surface area contributed by atoms with Gasteiger partial charge in [-0.3, -0.25) is 9.78 Å². The molecule has 0 spiro atoms. The number of pyridine rings is 2. The molecule has 8 nitrogen and oxygen atoms in total. The molecular formula is C21H17Cl2N5O3S. The van der Waals surface area contributed by atoms with Gasteiger partial charge in [-0.05, 0) is 44.2 Å². The maximum absolute atomic E-state index is 12.7. The zero-order valence-electron chi connectivity index (χ0n) is 17.0. The fraction of sp³-hybridized carbons (Fsp3) is 0.143. The van der Waals surface area contributed by atoms with E-state index in [9.17, 15) is 13.2 Å². The van der Waals surface area contributed by atoms with Gasteiger partial charge in [-0.2, -0.15) is 0 Å². The highest BCUT2D eigenvalue weighted by Gasteiger charge is 2.21. The number of fused-ring (bicyclic) bond motifs is 1. The van der Waals surface area contributed by atoms with Crippen LogP contribution in [0.4, 0.5) is 0 Å². The smallest absolute Gasteiger partial charge is 0.283 e. The van der Waals surface area contributed by atoms with Gasteiger partial charge in [0.2, 0.25) is 0 Å². The number of aromatic nitrogens is 4. The first kappa shape index (κ1) is 22.2. The maximum atomic E-state index is 12.7. The van der Waals surface area contributed by atoms with Gasteiger partial charge in [-0.25, -0.2) is 23.1 Å². The summed E-state index contributed by atoms with van der Waals surface area (Å²) in [6, 6.07) is 10.8. The highest BCUT2D eigenvalue weighted by atomic mass is 35.5. The van der Waals surface area contributed by atoms with Crippen LogP contribution in [0.15, 0.2) is 53.6 Å². The summed E-state index contributed by atoms with van der Waals surface area (Å²) in [5.74, 6) is -0.217. The van der Waals surface area contributed by atoms with Crippen LogP contribution < -0.4 is 4.72 Å². The molecule has 0 unspecified atom stereocenters. The van der Waals surface area contributed by atoms with Gasteiger partial charge >= 0.3 is 0 Å². The van der Waals surface area contributed by atoms with Crippen LogP contribution in [0, 0.1) is 13.8 Å². The first-order chi connectivity index (χ1) is 15.1. The molecule has 3 heterocycles. The number of rotatable bonds is 5. The van der Waals surface area contributed by atoms with Gasteiger partial charge in [0, 0.05) is 6.20 Å². The number of carbonyl (C=O) groups excluding carboxylic acids is 1. The Morgan fingerprint density at radius 1 is 1.06 bits per heavy atom. The van der Waals surface area contributed by atoms with Crippen molar-refractivity contribution in [2.24, 2.45) is 0 Å². The lowest BCUT2D eigenvalue weighted by atomic mass is 10.2. The summed E-state index contributed by atoms with van der Waals surface area (Å²) < 4.78 is 28.9. The molecular weight excluding hydrogens is 473 g/mol. The third-order valence-corrected chi connectivity index (χ3v) is 6.65. The van der Waals surface area contributed by atoms with E-state index in [1.807, 2.05) is 6.92 Å². The van der Waals surface area contributed by atoms with Gasteiger partial charge in [-0.1, -0.05) is 40.9 Å². The van der Waals surface area contributed by atoms with Crippen molar-refractivity contribution in [1.29, 1.82) is 0 Å². The van der Waals surface area contributed by atoms with E-state index in [1.54, 1.807) is 35.8 Å². The van der Waals surface area contributed by atoms with E-state index in [0.29, 0.717) is 32.7 Å². The molecule has 0 fully saturated rings. The van der Waals surface area contributed by atoms with Gasteiger partial charge < -0.3 is 4.57 Å². The molecule has 4 aromatic rings. The van der Waals surface area contributed by atoms with E-state index in [4.69, 9.17) is 23.2 Å². The highest BCUT2D eigenvalue weighted by Crippen LogP contribution is 2.22. The number of halogens is 2. The number of benzene rings is 1. The predicted molar refractivity (Wildman–Crippen MR) is 121 cm³/mol. The molecule has 1 N–H and O–H groups in total. The average molecular weight is 490 g/mol. The second-order valence-corrected chi connectivity index (χ2v) is 9.64. The minimum Gasteiger partial charge on any atom is -0.307 e. The summed E-state index contributed by atoms with van der Waals surface area (Å²) in [7, 11) is -4.04. The molecule has 0 bridgehead atoms. The molecule has 0 aliphatic carbocycles. The lowest BCUT2D eigenvalue weighted by Gasteiger charge is -2.09. The zero-order valence-corrected chi connectivity index (χ0v) is 19.3. The molecule has 0 aliphatic rings. The molecule has 164 valence electrons. The first-order valence-corrected chi connectivity index (χ1v) is 11.7. The quantitative estimate of drug-likeness (QED) is 0.455. The van der Waals surface area contributed by atoms with Crippen molar-refractivity contribution in [2.75, 3.05) is 0 Å². The van der Waals surface area contributed by atoms with Crippen LogP contribution in [0.5, 0.6) is 0 Å². The number of hydrogen-bond acceptors (Lipinski definition) is 6. The SMILES string of the molecule is Cc1ccc(S(=O)(=O)NC(=O)c2ccc3nc(C)n(Cc4ncc(Cl)cc4Cl)c3n2)cc1. The summed E-state index contributed by atoms with van der Waals surface area (Å²) in [6.07, 6.45) is 1.49. The Morgan fingerprint density at radius 2 is 1.78 bits per heavy atom. The summed E-state index contributed by atoms with van der Waals surface area (Å²) in [5, 5.41) is 0.801. The molecule has 0 radical (unpaired) electrons. The Morgan fingerprint density at radius 3 is 2.47 bits per heavy atom. The van der Waals surface area contributed by atoms with Crippen LogP contribution in [-0.4, -0.2) is 33.8 Å². The van der Waals surface area contributed by atoms with Crippen molar-refractivity contribution in [3.05, 3.63) is 81.5 Å². The molecule has 1 aromatic carbocycles. The third kappa shape index (κ3) is 4.45. The molecule has 4 rings (SSSR count). The van der Waals surface area contributed by atoms with Crippen molar-refractivity contribution in [2.45, 2.75) is 25.3 Å². The topological polar surface area (TPSA) is 107 Å². The first-order valence-electron chi connectivity index (χ1n) is 9.41. The van der Waals surface area contributed by atoms with Crippen LogP contribution in [0.3, 0.4) is 0 Å². The monoisotopic (exact) mass is 489 g/mol. The largest absolute Gasteiger partial charge is 0.307 e. The van der Waals surface area contributed by atoms with E-state index in [0.717, 1.165) is 5.56 Å². The van der Waals surface area contributed by atoms with Crippen LogP contribution in [0.2, 0.25) is 10.0 Å². The Labute approximate surface area is 194 Å². The average Bonchev–Trinajstić information content (AvgIpc) is 3.04. The zero-order chi connectivity index (χ0) is 23.0. The number of imidazole rings is 1. The number of sulfonamides is 1. The van der Waals surface area contributed by atoms with Crippen LogP contribution in [0.25, 0.3) is 11.2 Å². The number of nitrogens with one attached hydrogen (secondary N) is 1. The Bertz CT molecular complexity index is 1450. The van der Waals surface area contributed by atoms with Crippen molar-refractivity contribution >= 4 is 50.3 Å². The Hall–Kier alpha value is -3.01. The number of amides is 1. The summed E-state index contributed by atoms with van der Waals surface area (Å²) in [4.78, 5) is 25.7. The molecule has 1 amide bonds. The second-order valence-electron chi connectivity index (χ2n) is 7.11. The van der Waals surface area contributed by atoms with Gasteiger partial charge in [0.25, 0.3) is 15.9 Å². The van der Waals surface area contributed by atoms with Crippen molar-refractivity contribution < 1.29 is 13.2 Å². The molecule has 0 aliphatic heterocycles. The van der Waals surface area contributed by atoms with Gasteiger partial charge in [0.15, 0.2) is 5.65 Å². The van der Waals surface area contributed by atoms with Crippen molar-refractivity contribution in [3.63, 3.8) is 0 Å². The molecule has 0 saturated carbocycles. The van der Waals surface area contributed by atoms with E-state index >= 15 is 0 Å². The lowest BCUT2D eigenvalue weighted by molar-refractivity contribution is 0.0977. The standard InChI is InChI=1S/C21H17Cl2N5O3S/c1-12-3-5-15(6-4-12)32(30,31)27-21(29)18-8-7-17-20(26-18)28(13(2)25-17)11-19-16(23)9-14(22)10-24-19/h3-10H,11H2,1-2H3,(H,27,29). The number of nitrogens with zero attached hydrogens (tertiary/aromatic N) is 4. The normalized spacial score (nSPS) is 11.6. The number of hydrogen-bond donors (Lipinski definition) is 1. The van der Waals surface area contributed by atoms with E-state index in [-0.39, 0.29) is 17.1 Å². The second kappa shape index (κ2) is 8.50. The van der Waals surface area contributed by atoms with Crippen LogP contribution >= 0.6 is 23.2 Å². The van der Waals surface area contributed by atoms with Crippen LogP contribution in [-0.2, 0) is 16.6 Å². The minimum absolute atomic E-state index is 0.0122. The van der Waals surface area contributed by atoms with Crippen LogP contribution in [0.1, 0.15) is 27.6 Å². The van der Waals surface area contributed by atoms with Gasteiger partial charge in [0.1, 0.15) is 17.0 Å².